The molecular formula is C26H22FNO5. The van der Waals surface area contributed by atoms with E-state index >= 15 is 0 Å². The van der Waals surface area contributed by atoms with Gasteiger partial charge in [0.05, 0.1) is 17.9 Å². The fourth-order valence-corrected chi connectivity index (χ4v) is 6.19. The van der Waals surface area contributed by atoms with Crippen molar-refractivity contribution < 1.29 is 28.3 Å². The Balaban J connectivity index is 1.50. The number of carbonyl (C=O) groups is 4. The smallest absolute Gasteiger partial charge is 0.237 e. The molecule has 1 spiro atoms. The van der Waals surface area contributed by atoms with E-state index in [1.165, 1.54) is 29.2 Å². The van der Waals surface area contributed by atoms with E-state index < -0.39 is 52.7 Å². The van der Waals surface area contributed by atoms with Gasteiger partial charge >= 0.3 is 0 Å². The van der Waals surface area contributed by atoms with Crippen LogP contribution >= 0.6 is 0 Å². The van der Waals surface area contributed by atoms with Crippen molar-refractivity contribution in [2.45, 2.75) is 49.9 Å². The van der Waals surface area contributed by atoms with Crippen LogP contribution in [0.4, 0.5) is 4.39 Å². The number of ketones is 2. The van der Waals surface area contributed by atoms with Gasteiger partial charge < -0.3 is 4.74 Å². The van der Waals surface area contributed by atoms with Crippen LogP contribution in [-0.2, 0) is 14.3 Å². The third-order valence-electron chi connectivity index (χ3n) is 7.69. The van der Waals surface area contributed by atoms with Crippen molar-refractivity contribution in [1.82, 2.24) is 4.90 Å². The minimum Gasteiger partial charge on any atom is -0.349 e. The minimum absolute atomic E-state index is 0.206. The Morgan fingerprint density at radius 1 is 0.818 bits per heavy atom. The normalized spacial score (nSPS) is 28.6. The van der Waals surface area contributed by atoms with Gasteiger partial charge in [-0.25, -0.2) is 4.39 Å². The average Bonchev–Trinajstić information content (AvgIpc) is 3.40. The topological polar surface area (TPSA) is 80.8 Å². The van der Waals surface area contributed by atoms with Crippen LogP contribution in [0.3, 0.4) is 0 Å². The Morgan fingerprint density at radius 2 is 1.42 bits per heavy atom. The zero-order valence-electron chi connectivity index (χ0n) is 17.8. The van der Waals surface area contributed by atoms with Gasteiger partial charge in [0, 0.05) is 17.2 Å². The molecule has 4 aliphatic rings. The molecule has 168 valence electrons. The molecule has 2 aliphatic carbocycles. The molecule has 3 fully saturated rings. The highest BCUT2D eigenvalue weighted by Crippen LogP contribution is 2.57. The number of ether oxygens (including phenoxy) is 1. The number of benzene rings is 2. The maximum Gasteiger partial charge on any atom is 0.237 e. The number of fused-ring (bicyclic) bond motifs is 3. The van der Waals surface area contributed by atoms with Gasteiger partial charge in [-0.3, -0.25) is 24.1 Å². The van der Waals surface area contributed by atoms with Crippen molar-refractivity contribution in [2.24, 2.45) is 11.8 Å². The van der Waals surface area contributed by atoms with Crippen LogP contribution < -0.4 is 0 Å². The Bertz CT molecular complexity index is 1160. The second kappa shape index (κ2) is 7.15. The molecule has 2 amide bonds. The summed E-state index contributed by atoms with van der Waals surface area (Å²) >= 11 is 0. The second-order valence-corrected chi connectivity index (χ2v) is 9.37. The first-order valence-electron chi connectivity index (χ1n) is 11.4. The molecule has 2 aromatic carbocycles. The Hall–Kier alpha value is -3.19. The Labute approximate surface area is 189 Å². The van der Waals surface area contributed by atoms with Gasteiger partial charge in [0.15, 0.2) is 0 Å². The predicted octanol–water partition coefficient (Wildman–Crippen LogP) is 3.65. The fraction of sp³-hybridized carbons (Fsp3) is 0.385. The van der Waals surface area contributed by atoms with Crippen molar-refractivity contribution >= 4 is 23.4 Å². The number of rotatable bonds is 2. The van der Waals surface area contributed by atoms with Gasteiger partial charge in [-0.1, -0.05) is 55.7 Å². The molecule has 0 bridgehead atoms. The number of amides is 2. The number of Topliss-reactive ketones (excluding diaryl/α,β-unsaturated/α-hetero) is 2. The first-order valence-corrected chi connectivity index (χ1v) is 11.4. The van der Waals surface area contributed by atoms with E-state index in [0.29, 0.717) is 18.4 Å². The van der Waals surface area contributed by atoms with Crippen molar-refractivity contribution in [1.29, 1.82) is 0 Å². The third kappa shape index (κ3) is 2.63. The number of imide groups is 1. The fourth-order valence-electron chi connectivity index (χ4n) is 6.19. The van der Waals surface area contributed by atoms with Crippen LogP contribution in [0.15, 0.2) is 48.5 Å². The van der Waals surface area contributed by atoms with Crippen molar-refractivity contribution in [3.63, 3.8) is 0 Å². The highest BCUT2D eigenvalue weighted by molar-refractivity contribution is 6.35. The molecule has 0 unspecified atom stereocenters. The lowest BCUT2D eigenvalue weighted by molar-refractivity contribution is -0.148. The molecule has 6 nitrogen and oxygen atoms in total. The van der Waals surface area contributed by atoms with E-state index in [9.17, 15) is 23.6 Å². The maximum atomic E-state index is 13.8. The minimum atomic E-state index is -2.07. The van der Waals surface area contributed by atoms with Crippen LogP contribution in [0.5, 0.6) is 0 Å². The SMILES string of the molecule is O=C1[C@H]2[C@@H](c3ccc(F)cc3)OC3(C(=O)c4ccccc4C3=O)[C@H]2C(=O)N1C1CCCCC1. The summed E-state index contributed by atoms with van der Waals surface area (Å²) in [6.07, 6.45) is 3.33. The molecular weight excluding hydrogens is 425 g/mol. The van der Waals surface area contributed by atoms with E-state index in [4.69, 9.17) is 4.74 Å². The quantitative estimate of drug-likeness (QED) is 0.519. The number of hydrogen-bond acceptors (Lipinski definition) is 5. The summed E-state index contributed by atoms with van der Waals surface area (Å²) in [7, 11) is 0. The summed E-state index contributed by atoms with van der Waals surface area (Å²) in [6.45, 7) is 0. The summed E-state index contributed by atoms with van der Waals surface area (Å²) in [5.41, 5.74) is -1.19. The highest BCUT2D eigenvalue weighted by atomic mass is 19.1. The Morgan fingerprint density at radius 3 is 2.03 bits per heavy atom. The molecule has 2 aromatic rings. The molecule has 2 heterocycles. The molecule has 1 saturated carbocycles. The molecule has 2 saturated heterocycles. The zero-order chi connectivity index (χ0) is 22.9. The van der Waals surface area contributed by atoms with Crippen LogP contribution in [0.1, 0.15) is 64.5 Å². The molecule has 0 aromatic heterocycles. The summed E-state index contributed by atoms with van der Waals surface area (Å²) in [6, 6.07) is 11.6. The standard InChI is InChI=1S/C26H22FNO5/c27-15-12-10-14(11-13-15)21-19-20(25(32)28(24(19)31)16-6-2-1-3-7-16)26(33-21)22(29)17-8-4-5-9-18(17)23(26)30/h4-5,8-13,16,19-21H,1-3,6-7H2/t19-,20-,21-/m1/s1. The highest BCUT2D eigenvalue weighted by Gasteiger charge is 2.75. The van der Waals surface area contributed by atoms with Gasteiger partial charge in [0.1, 0.15) is 5.82 Å². The predicted molar refractivity (Wildman–Crippen MR) is 114 cm³/mol. The zero-order valence-corrected chi connectivity index (χ0v) is 17.8. The van der Waals surface area contributed by atoms with Gasteiger partial charge in [0.2, 0.25) is 29.0 Å². The van der Waals surface area contributed by atoms with Crippen molar-refractivity contribution in [2.75, 3.05) is 0 Å². The lowest BCUT2D eigenvalue weighted by Crippen LogP contribution is -2.52. The molecule has 0 N–H and O–H groups in total. The van der Waals surface area contributed by atoms with Crippen LogP contribution in [0.25, 0.3) is 0 Å². The molecule has 2 aliphatic heterocycles. The lowest BCUT2D eigenvalue weighted by atomic mass is 9.77. The van der Waals surface area contributed by atoms with E-state index in [0.717, 1.165) is 19.3 Å². The number of nitrogens with zero attached hydrogens (tertiary/aromatic N) is 1. The summed E-state index contributed by atoms with van der Waals surface area (Å²) in [5.74, 6) is -4.75. The van der Waals surface area contributed by atoms with Crippen LogP contribution in [0.2, 0.25) is 0 Å². The Kier molecular flexibility index (Phi) is 4.43. The van der Waals surface area contributed by atoms with Gasteiger partial charge in [-0.05, 0) is 30.5 Å². The summed E-state index contributed by atoms with van der Waals surface area (Å²) in [4.78, 5) is 56.1. The van der Waals surface area contributed by atoms with E-state index in [-0.39, 0.29) is 17.2 Å². The number of likely N-dealkylation sites (tertiary alicyclic amines) is 1. The summed E-state index contributed by atoms with van der Waals surface area (Å²) < 4.78 is 19.8. The molecule has 3 atom stereocenters. The van der Waals surface area contributed by atoms with Crippen molar-refractivity contribution in [3.8, 4) is 0 Å². The monoisotopic (exact) mass is 447 g/mol. The first kappa shape index (κ1) is 20.4. The molecule has 0 radical (unpaired) electrons. The lowest BCUT2D eigenvalue weighted by Gasteiger charge is -2.33. The van der Waals surface area contributed by atoms with E-state index in [1.807, 2.05) is 0 Å². The second-order valence-electron chi connectivity index (χ2n) is 9.37. The molecule has 33 heavy (non-hydrogen) atoms. The van der Waals surface area contributed by atoms with Crippen LogP contribution in [-0.4, -0.2) is 39.9 Å². The average molecular weight is 447 g/mol. The van der Waals surface area contributed by atoms with Gasteiger partial charge in [0.25, 0.3) is 0 Å². The number of carbonyl (C=O) groups excluding carboxylic acids is 4. The summed E-state index contributed by atoms with van der Waals surface area (Å²) in [5, 5.41) is 0. The van der Waals surface area contributed by atoms with Gasteiger partial charge in [-0.2, -0.15) is 0 Å². The molecule has 6 rings (SSSR count). The third-order valence-corrected chi connectivity index (χ3v) is 7.69. The number of hydrogen-bond donors (Lipinski definition) is 0. The number of halogens is 1. The van der Waals surface area contributed by atoms with Gasteiger partial charge in [-0.15, -0.1) is 0 Å². The first-order chi connectivity index (χ1) is 15.9. The van der Waals surface area contributed by atoms with E-state index in [2.05, 4.69) is 0 Å². The van der Waals surface area contributed by atoms with Crippen molar-refractivity contribution in [3.05, 3.63) is 71.0 Å². The molecule has 7 heteroatoms. The van der Waals surface area contributed by atoms with E-state index in [1.54, 1.807) is 24.3 Å². The largest absolute Gasteiger partial charge is 0.349 e. The van der Waals surface area contributed by atoms with Crippen LogP contribution in [0, 0.1) is 17.7 Å². The maximum absolute atomic E-state index is 13.8.